The van der Waals surface area contributed by atoms with Crippen LogP contribution in [0.1, 0.15) is 37.3 Å². The van der Waals surface area contributed by atoms with E-state index >= 15 is 0 Å². The Morgan fingerprint density at radius 1 is 1.06 bits per heavy atom. The predicted molar refractivity (Wildman–Crippen MR) is 139 cm³/mol. The lowest BCUT2D eigenvalue weighted by Gasteiger charge is -2.26. The Hall–Kier alpha value is -3.00. The average molecular weight is 499 g/mol. The number of benzene rings is 2. The summed E-state index contributed by atoms with van der Waals surface area (Å²) >= 11 is 1.56. The minimum absolute atomic E-state index is 0.0170. The summed E-state index contributed by atoms with van der Waals surface area (Å²) in [4.78, 5) is 37.9. The molecule has 0 fully saturated rings. The van der Waals surface area contributed by atoms with Gasteiger partial charge in [0.2, 0.25) is 5.91 Å². The van der Waals surface area contributed by atoms with Crippen molar-refractivity contribution in [2.45, 2.75) is 26.2 Å². The molecule has 7 nitrogen and oxygen atoms in total. The number of rotatable bonds is 12. The zero-order chi connectivity index (χ0) is 25.4. The van der Waals surface area contributed by atoms with Gasteiger partial charge >= 0.3 is 12.1 Å². The van der Waals surface area contributed by atoms with Crippen molar-refractivity contribution in [3.63, 3.8) is 0 Å². The van der Waals surface area contributed by atoms with E-state index in [0.717, 1.165) is 11.1 Å². The first-order chi connectivity index (χ1) is 16.8. The van der Waals surface area contributed by atoms with Gasteiger partial charge in [-0.15, -0.1) is 0 Å². The van der Waals surface area contributed by atoms with E-state index in [4.69, 9.17) is 9.84 Å². The lowest BCUT2D eigenvalue weighted by molar-refractivity contribution is -0.144. The molecule has 3 rings (SSSR count). The Balaban J connectivity index is 1.56. The smallest absolute Gasteiger partial charge is 0.407 e. The number of nitrogens with zero attached hydrogens (tertiary/aromatic N) is 1. The number of aliphatic carboxylic acids is 1. The van der Waals surface area contributed by atoms with Gasteiger partial charge in [-0.25, -0.2) is 4.79 Å². The van der Waals surface area contributed by atoms with Gasteiger partial charge in [-0.3, -0.25) is 9.59 Å². The van der Waals surface area contributed by atoms with Crippen LogP contribution in [0.25, 0.3) is 11.1 Å². The number of hydrogen-bond acceptors (Lipinski definition) is 5. The van der Waals surface area contributed by atoms with E-state index in [0.29, 0.717) is 12.3 Å². The molecule has 8 heteroatoms. The van der Waals surface area contributed by atoms with Crippen LogP contribution in [-0.2, 0) is 14.3 Å². The minimum Gasteiger partial charge on any atom is -0.480 e. The molecular formula is C27H34N2O5S. The first-order valence-electron chi connectivity index (χ1n) is 11.9. The van der Waals surface area contributed by atoms with Crippen molar-refractivity contribution in [1.29, 1.82) is 0 Å². The van der Waals surface area contributed by atoms with E-state index in [1.54, 1.807) is 11.8 Å². The standard InChI is InChI=1S/C27H34N2O5S/c1-18(2)19(14-25(30)29(12-13-35-3)16-26(31)32)15-28-27(33)34-17-24-22-10-6-4-8-20(22)21-9-5-7-11-23(21)24/h4-11,18-19,24H,12-17H2,1-3H3,(H,28,33)(H,31,32). The zero-order valence-corrected chi connectivity index (χ0v) is 21.3. The number of carboxylic acid groups (broad SMARTS) is 1. The van der Waals surface area contributed by atoms with Crippen LogP contribution in [0.5, 0.6) is 0 Å². The second-order valence-corrected chi connectivity index (χ2v) is 10.1. The molecule has 1 atom stereocenters. The summed E-state index contributed by atoms with van der Waals surface area (Å²) in [5.74, 6) is -0.597. The van der Waals surface area contributed by atoms with Crippen molar-refractivity contribution >= 4 is 29.7 Å². The fourth-order valence-corrected chi connectivity index (χ4v) is 4.82. The minimum atomic E-state index is -1.03. The second-order valence-electron chi connectivity index (χ2n) is 9.12. The van der Waals surface area contributed by atoms with E-state index in [1.165, 1.54) is 16.0 Å². The molecule has 0 aromatic heterocycles. The van der Waals surface area contributed by atoms with Crippen molar-refractivity contribution in [3.05, 3.63) is 59.7 Å². The third-order valence-electron chi connectivity index (χ3n) is 6.48. The maximum atomic E-state index is 12.8. The monoisotopic (exact) mass is 498 g/mol. The van der Waals surface area contributed by atoms with Crippen LogP contribution in [0.15, 0.2) is 48.5 Å². The van der Waals surface area contributed by atoms with Gasteiger partial charge in [-0.2, -0.15) is 11.8 Å². The molecule has 35 heavy (non-hydrogen) atoms. The first-order valence-corrected chi connectivity index (χ1v) is 13.3. The highest BCUT2D eigenvalue weighted by molar-refractivity contribution is 7.98. The third-order valence-corrected chi connectivity index (χ3v) is 7.07. The van der Waals surface area contributed by atoms with Gasteiger partial charge < -0.3 is 20.1 Å². The number of fused-ring (bicyclic) bond motifs is 3. The number of alkyl carbamates (subject to hydrolysis) is 1. The lowest BCUT2D eigenvalue weighted by atomic mass is 9.92. The largest absolute Gasteiger partial charge is 0.480 e. The zero-order valence-electron chi connectivity index (χ0n) is 20.5. The molecule has 0 saturated carbocycles. The summed E-state index contributed by atoms with van der Waals surface area (Å²) in [7, 11) is 0. The van der Waals surface area contributed by atoms with E-state index < -0.39 is 12.1 Å². The number of carbonyl (C=O) groups excluding carboxylic acids is 2. The van der Waals surface area contributed by atoms with Crippen LogP contribution in [0.3, 0.4) is 0 Å². The average Bonchev–Trinajstić information content (AvgIpc) is 3.16. The number of thioether (sulfide) groups is 1. The summed E-state index contributed by atoms with van der Waals surface area (Å²) < 4.78 is 5.60. The molecule has 0 spiro atoms. The highest BCUT2D eigenvalue weighted by Crippen LogP contribution is 2.44. The Morgan fingerprint density at radius 3 is 2.20 bits per heavy atom. The van der Waals surface area contributed by atoms with Crippen LogP contribution in [-0.4, -0.2) is 66.2 Å². The van der Waals surface area contributed by atoms with Crippen molar-refractivity contribution in [1.82, 2.24) is 10.2 Å². The molecule has 2 amide bonds. The van der Waals surface area contributed by atoms with E-state index in [-0.39, 0.29) is 49.8 Å². The maximum absolute atomic E-state index is 12.8. The molecular weight excluding hydrogens is 464 g/mol. The quantitative estimate of drug-likeness (QED) is 0.449. The molecule has 188 valence electrons. The number of hydrogen-bond donors (Lipinski definition) is 2. The molecule has 1 unspecified atom stereocenters. The lowest BCUT2D eigenvalue weighted by Crippen LogP contribution is -2.40. The van der Waals surface area contributed by atoms with E-state index in [1.807, 2.05) is 44.4 Å². The highest BCUT2D eigenvalue weighted by Gasteiger charge is 2.29. The number of carboxylic acids is 1. The highest BCUT2D eigenvalue weighted by atomic mass is 32.2. The number of amides is 2. The van der Waals surface area contributed by atoms with Crippen LogP contribution in [0.4, 0.5) is 4.79 Å². The Bertz CT molecular complexity index is 996. The number of ether oxygens (including phenoxy) is 1. The Morgan fingerprint density at radius 2 is 1.66 bits per heavy atom. The van der Waals surface area contributed by atoms with Gasteiger partial charge in [-0.1, -0.05) is 62.4 Å². The first kappa shape index (κ1) is 26.6. The van der Waals surface area contributed by atoms with Crippen molar-refractivity contribution < 1.29 is 24.2 Å². The van der Waals surface area contributed by atoms with Gasteiger partial charge in [0.15, 0.2) is 0 Å². The predicted octanol–water partition coefficient (Wildman–Crippen LogP) is 4.46. The van der Waals surface area contributed by atoms with Crippen molar-refractivity contribution in [3.8, 4) is 11.1 Å². The molecule has 0 bridgehead atoms. The number of nitrogens with one attached hydrogen (secondary N) is 1. The van der Waals surface area contributed by atoms with Crippen LogP contribution >= 0.6 is 11.8 Å². The third kappa shape index (κ3) is 7.01. The van der Waals surface area contributed by atoms with Gasteiger partial charge in [0.05, 0.1) is 0 Å². The Kier molecular flexibility index (Phi) is 9.60. The molecule has 1 aliphatic rings. The summed E-state index contributed by atoms with van der Waals surface area (Å²) in [5, 5.41) is 12.0. The molecule has 0 saturated heterocycles. The van der Waals surface area contributed by atoms with Gasteiger partial charge in [0, 0.05) is 31.2 Å². The molecule has 2 aromatic rings. The molecule has 1 aliphatic carbocycles. The topological polar surface area (TPSA) is 95.9 Å². The molecule has 0 radical (unpaired) electrons. The summed E-state index contributed by atoms with van der Waals surface area (Å²) in [6, 6.07) is 16.3. The summed E-state index contributed by atoms with van der Waals surface area (Å²) in [6.45, 7) is 4.55. The van der Waals surface area contributed by atoms with Crippen LogP contribution in [0.2, 0.25) is 0 Å². The molecule has 0 aliphatic heterocycles. The van der Waals surface area contributed by atoms with E-state index in [2.05, 4.69) is 29.6 Å². The summed E-state index contributed by atoms with van der Waals surface area (Å²) in [6.07, 6.45) is 1.57. The molecule has 2 aromatic carbocycles. The van der Waals surface area contributed by atoms with Crippen molar-refractivity contribution in [2.75, 3.05) is 38.2 Å². The SMILES string of the molecule is CSCCN(CC(=O)O)C(=O)CC(CNC(=O)OCC1c2ccccc2-c2ccccc21)C(C)C. The fraction of sp³-hybridized carbons (Fsp3) is 0.444. The fourth-order valence-electron chi connectivity index (χ4n) is 4.42. The van der Waals surface area contributed by atoms with Gasteiger partial charge in [-0.05, 0) is 40.3 Å². The Labute approximate surface area is 211 Å². The van der Waals surface area contributed by atoms with Crippen molar-refractivity contribution in [2.24, 2.45) is 11.8 Å². The normalized spacial score (nSPS) is 13.1. The van der Waals surface area contributed by atoms with E-state index in [9.17, 15) is 14.4 Å². The second kappa shape index (κ2) is 12.6. The van der Waals surface area contributed by atoms with Crippen LogP contribution < -0.4 is 5.32 Å². The van der Waals surface area contributed by atoms with Gasteiger partial charge in [0.1, 0.15) is 13.2 Å². The number of carbonyl (C=O) groups is 3. The van der Waals surface area contributed by atoms with Gasteiger partial charge in [0.25, 0.3) is 0 Å². The molecule has 0 heterocycles. The summed E-state index contributed by atoms with van der Waals surface area (Å²) in [5.41, 5.74) is 4.64. The molecule has 2 N–H and O–H groups in total. The van der Waals surface area contributed by atoms with Crippen LogP contribution in [0, 0.1) is 11.8 Å². The maximum Gasteiger partial charge on any atom is 0.407 e.